The highest BCUT2D eigenvalue weighted by Crippen LogP contribution is 2.27. The molecule has 0 unspecified atom stereocenters. The fraction of sp³-hybridized carbons (Fsp3) is 0.571. The molecule has 0 fully saturated rings. The second-order valence-corrected chi connectivity index (χ2v) is 5.59. The Morgan fingerprint density at radius 2 is 2.11 bits per heavy atom. The Labute approximate surface area is 128 Å². The van der Waals surface area contributed by atoms with Crippen molar-refractivity contribution in [2.45, 2.75) is 26.3 Å². The molecule has 108 valence electrons. The molecule has 0 saturated carbocycles. The number of rotatable bonds is 9. The summed E-state index contributed by atoms with van der Waals surface area (Å²) < 4.78 is 11.9. The highest BCUT2D eigenvalue weighted by molar-refractivity contribution is 9.10. The largest absolute Gasteiger partial charge is 0.490 e. The first-order valence-electron chi connectivity index (χ1n) is 6.52. The van der Waals surface area contributed by atoms with Crippen molar-refractivity contribution in [2.75, 3.05) is 26.4 Å². The van der Waals surface area contributed by atoms with E-state index in [1.54, 1.807) is 6.07 Å². The van der Waals surface area contributed by atoms with Crippen molar-refractivity contribution in [3.63, 3.8) is 0 Å². The first-order valence-corrected chi connectivity index (χ1v) is 7.69. The summed E-state index contributed by atoms with van der Waals surface area (Å²) in [5.41, 5.74) is 0. The normalized spacial score (nSPS) is 12.4. The molecule has 5 heteroatoms. The molecular weight excluding hydrogens is 330 g/mol. The first kappa shape index (κ1) is 16.8. The zero-order valence-electron chi connectivity index (χ0n) is 11.4. The van der Waals surface area contributed by atoms with E-state index in [-0.39, 0.29) is 0 Å². The predicted molar refractivity (Wildman–Crippen MR) is 83.2 cm³/mol. The Balaban J connectivity index is 2.07. The quantitative estimate of drug-likeness (QED) is 0.685. The van der Waals surface area contributed by atoms with Gasteiger partial charge >= 0.3 is 0 Å². The van der Waals surface area contributed by atoms with Gasteiger partial charge in [-0.1, -0.05) is 18.5 Å². The molecule has 0 radical (unpaired) electrons. The number of halogens is 2. The highest BCUT2D eigenvalue weighted by atomic mass is 79.9. The lowest BCUT2D eigenvalue weighted by atomic mass is 10.3. The summed E-state index contributed by atoms with van der Waals surface area (Å²) in [7, 11) is 0. The van der Waals surface area contributed by atoms with Gasteiger partial charge in [-0.2, -0.15) is 0 Å². The van der Waals surface area contributed by atoms with Gasteiger partial charge in [0.1, 0.15) is 12.4 Å². The van der Waals surface area contributed by atoms with Crippen molar-refractivity contribution < 1.29 is 9.47 Å². The Bertz CT molecular complexity index is 376. The second-order valence-electron chi connectivity index (χ2n) is 4.30. The van der Waals surface area contributed by atoms with E-state index in [2.05, 4.69) is 35.1 Å². The average Bonchev–Trinajstić information content (AvgIpc) is 2.39. The third-order valence-corrected chi connectivity index (χ3v) is 3.59. The molecule has 0 spiro atoms. The summed E-state index contributed by atoms with van der Waals surface area (Å²) in [6.45, 7) is 7.02. The van der Waals surface area contributed by atoms with E-state index in [9.17, 15) is 0 Å². The molecule has 0 saturated heterocycles. The van der Waals surface area contributed by atoms with Crippen LogP contribution in [0, 0.1) is 0 Å². The summed E-state index contributed by atoms with van der Waals surface area (Å²) in [4.78, 5) is 0. The van der Waals surface area contributed by atoms with Crippen LogP contribution in [0.2, 0.25) is 5.02 Å². The molecule has 1 rings (SSSR count). The van der Waals surface area contributed by atoms with Crippen molar-refractivity contribution in [3.05, 3.63) is 27.7 Å². The van der Waals surface area contributed by atoms with E-state index in [1.165, 1.54) is 0 Å². The maximum absolute atomic E-state index is 5.86. The van der Waals surface area contributed by atoms with Crippen LogP contribution >= 0.6 is 27.5 Å². The van der Waals surface area contributed by atoms with E-state index in [0.717, 1.165) is 23.2 Å². The van der Waals surface area contributed by atoms with Crippen LogP contribution in [0.1, 0.15) is 20.3 Å². The molecule has 1 aromatic carbocycles. The Kier molecular flexibility index (Phi) is 8.46. The lowest BCUT2D eigenvalue weighted by Gasteiger charge is -2.12. The van der Waals surface area contributed by atoms with Crippen LogP contribution in [0.3, 0.4) is 0 Å². The maximum atomic E-state index is 5.86. The molecule has 0 aliphatic carbocycles. The fourth-order valence-corrected chi connectivity index (χ4v) is 2.22. The molecule has 3 nitrogen and oxygen atoms in total. The Morgan fingerprint density at radius 3 is 2.79 bits per heavy atom. The summed E-state index contributed by atoms with van der Waals surface area (Å²) in [5, 5.41) is 4.05. The number of benzene rings is 1. The molecule has 1 aromatic rings. The average molecular weight is 351 g/mol. The summed E-state index contributed by atoms with van der Waals surface area (Å²) in [5.74, 6) is 0.783. The van der Waals surface area contributed by atoms with Gasteiger partial charge in [-0.05, 0) is 47.5 Å². The van der Waals surface area contributed by atoms with Crippen molar-refractivity contribution in [1.82, 2.24) is 5.32 Å². The zero-order valence-corrected chi connectivity index (χ0v) is 13.8. The van der Waals surface area contributed by atoms with Gasteiger partial charge in [0.2, 0.25) is 0 Å². The van der Waals surface area contributed by atoms with Gasteiger partial charge in [0.25, 0.3) is 0 Å². The Morgan fingerprint density at radius 1 is 1.32 bits per heavy atom. The van der Waals surface area contributed by atoms with Crippen molar-refractivity contribution in [2.24, 2.45) is 0 Å². The minimum absolute atomic E-state index is 0.531. The molecule has 19 heavy (non-hydrogen) atoms. The van der Waals surface area contributed by atoms with Crippen LogP contribution in [0.25, 0.3) is 0 Å². The number of hydrogen-bond acceptors (Lipinski definition) is 3. The summed E-state index contributed by atoms with van der Waals surface area (Å²) in [6, 6.07) is 6.01. The van der Waals surface area contributed by atoms with Gasteiger partial charge < -0.3 is 14.8 Å². The number of nitrogens with one attached hydrogen (secondary N) is 1. The Hall–Kier alpha value is -0.290. The van der Waals surface area contributed by atoms with Gasteiger partial charge in [-0.3, -0.25) is 0 Å². The first-order chi connectivity index (χ1) is 9.13. The van der Waals surface area contributed by atoms with Crippen LogP contribution in [0.5, 0.6) is 5.75 Å². The van der Waals surface area contributed by atoms with E-state index in [4.69, 9.17) is 21.1 Å². The van der Waals surface area contributed by atoms with E-state index in [1.807, 2.05) is 12.1 Å². The van der Waals surface area contributed by atoms with Crippen molar-refractivity contribution in [3.8, 4) is 5.75 Å². The molecule has 0 bridgehead atoms. The van der Waals surface area contributed by atoms with Gasteiger partial charge in [0.05, 0.1) is 17.7 Å². The van der Waals surface area contributed by atoms with Crippen molar-refractivity contribution >= 4 is 27.5 Å². The number of ether oxygens (including phenoxy) is 2. The summed E-state index contributed by atoms with van der Waals surface area (Å²) >= 11 is 9.26. The minimum atomic E-state index is 0.531. The molecule has 0 heterocycles. The van der Waals surface area contributed by atoms with Gasteiger partial charge in [-0.25, -0.2) is 0 Å². The second kappa shape index (κ2) is 9.59. The van der Waals surface area contributed by atoms with Crippen molar-refractivity contribution in [1.29, 1.82) is 0 Å². The van der Waals surface area contributed by atoms with E-state index >= 15 is 0 Å². The standard InChI is InChI=1S/C14H21BrClNO2/c1-3-11(2)17-6-7-18-8-9-19-14-5-4-12(16)10-13(14)15/h4-5,10-11,17H,3,6-9H2,1-2H3/t11-/m0/s1. The summed E-state index contributed by atoms with van der Waals surface area (Å²) in [6.07, 6.45) is 1.13. The molecule has 0 aliphatic rings. The lowest BCUT2D eigenvalue weighted by molar-refractivity contribution is 0.100. The predicted octanol–water partition coefficient (Wildman–Crippen LogP) is 3.89. The van der Waals surface area contributed by atoms with Crippen LogP contribution in [-0.4, -0.2) is 32.4 Å². The minimum Gasteiger partial charge on any atom is -0.490 e. The maximum Gasteiger partial charge on any atom is 0.133 e. The van der Waals surface area contributed by atoms with Crippen LogP contribution < -0.4 is 10.1 Å². The lowest BCUT2D eigenvalue weighted by Crippen LogP contribution is -2.29. The molecule has 0 aliphatic heterocycles. The smallest absolute Gasteiger partial charge is 0.133 e. The zero-order chi connectivity index (χ0) is 14.1. The van der Waals surface area contributed by atoms with Crippen LogP contribution in [0.4, 0.5) is 0 Å². The third kappa shape index (κ3) is 7.16. The SMILES string of the molecule is CC[C@H](C)NCCOCCOc1ccc(Cl)cc1Br. The monoisotopic (exact) mass is 349 g/mol. The van der Waals surface area contributed by atoms with Gasteiger partial charge in [0.15, 0.2) is 0 Å². The fourth-order valence-electron chi connectivity index (χ4n) is 1.43. The molecular formula is C14H21BrClNO2. The topological polar surface area (TPSA) is 30.5 Å². The van der Waals surface area contributed by atoms with Gasteiger partial charge in [0, 0.05) is 17.6 Å². The highest BCUT2D eigenvalue weighted by Gasteiger charge is 2.01. The molecule has 0 aromatic heterocycles. The molecule has 1 atom stereocenters. The van der Waals surface area contributed by atoms with E-state index < -0.39 is 0 Å². The van der Waals surface area contributed by atoms with E-state index in [0.29, 0.717) is 30.9 Å². The van der Waals surface area contributed by atoms with Crippen LogP contribution in [0.15, 0.2) is 22.7 Å². The molecule has 0 amide bonds. The number of hydrogen-bond donors (Lipinski definition) is 1. The molecule has 1 N–H and O–H groups in total. The van der Waals surface area contributed by atoms with Crippen LogP contribution in [-0.2, 0) is 4.74 Å². The third-order valence-electron chi connectivity index (χ3n) is 2.73. The van der Waals surface area contributed by atoms with Gasteiger partial charge in [-0.15, -0.1) is 0 Å².